The molecule has 88 valence electrons. The van der Waals surface area contributed by atoms with E-state index in [2.05, 4.69) is 18.1 Å². The molecule has 2 aromatic rings. The first kappa shape index (κ1) is 10.7. The molecule has 1 aromatic carbocycles. The number of hydrogen-bond acceptors (Lipinski definition) is 3. The highest BCUT2D eigenvalue weighted by Gasteiger charge is 2.19. The average molecular weight is 250 g/mol. The van der Waals surface area contributed by atoms with Crippen molar-refractivity contribution in [1.29, 1.82) is 0 Å². The largest absolute Gasteiger partial charge is 0.490 e. The minimum atomic E-state index is 0.258. The summed E-state index contributed by atoms with van der Waals surface area (Å²) >= 11 is 5.70. The van der Waals surface area contributed by atoms with Gasteiger partial charge in [0.1, 0.15) is 11.9 Å². The lowest BCUT2D eigenvalue weighted by atomic mass is 10.1. The first-order valence-corrected chi connectivity index (χ1v) is 6.11. The molecule has 1 aliphatic rings. The van der Waals surface area contributed by atoms with E-state index in [1.807, 2.05) is 18.2 Å². The summed E-state index contributed by atoms with van der Waals surface area (Å²) in [7, 11) is 0. The van der Waals surface area contributed by atoms with Crippen LogP contribution >= 0.6 is 11.6 Å². The van der Waals surface area contributed by atoms with E-state index in [4.69, 9.17) is 20.9 Å². The van der Waals surface area contributed by atoms with Crippen LogP contribution in [0.3, 0.4) is 0 Å². The van der Waals surface area contributed by atoms with Gasteiger partial charge in [-0.05, 0) is 30.7 Å². The minimum Gasteiger partial charge on any atom is -0.490 e. The molecule has 3 nitrogen and oxygen atoms in total. The maximum absolute atomic E-state index is 5.70. The first-order chi connectivity index (χ1) is 8.26. The van der Waals surface area contributed by atoms with Gasteiger partial charge in [0.05, 0.1) is 11.6 Å². The molecule has 2 heterocycles. The van der Waals surface area contributed by atoms with Gasteiger partial charge in [0.25, 0.3) is 0 Å². The summed E-state index contributed by atoms with van der Waals surface area (Å²) in [5.41, 5.74) is 3.00. The zero-order valence-corrected chi connectivity index (χ0v) is 10.2. The molecule has 0 radical (unpaired) electrons. The van der Waals surface area contributed by atoms with Gasteiger partial charge in [-0.1, -0.05) is 5.16 Å². The topological polar surface area (TPSA) is 35.3 Å². The summed E-state index contributed by atoms with van der Waals surface area (Å²) in [6.07, 6.45) is 1.20. The average Bonchev–Trinajstić information content (AvgIpc) is 2.92. The van der Waals surface area contributed by atoms with Crippen LogP contribution in [-0.2, 0) is 12.3 Å². The summed E-state index contributed by atoms with van der Waals surface area (Å²) in [5, 5.41) is 3.88. The van der Waals surface area contributed by atoms with Crippen molar-refractivity contribution in [2.75, 3.05) is 0 Å². The van der Waals surface area contributed by atoms with Gasteiger partial charge >= 0.3 is 0 Å². The van der Waals surface area contributed by atoms with E-state index in [1.54, 1.807) is 0 Å². The van der Waals surface area contributed by atoms with Crippen molar-refractivity contribution >= 4 is 11.6 Å². The number of aromatic nitrogens is 1. The number of nitrogens with zero attached hydrogens (tertiary/aromatic N) is 1. The second-order valence-corrected chi connectivity index (χ2v) is 4.54. The number of hydrogen-bond donors (Lipinski definition) is 0. The molecule has 0 aliphatic carbocycles. The van der Waals surface area contributed by atoms with Crippen molar-refractivity contribution in [3.05, 3.63) is 35.5 Å². The molecule has 1 aromatic heterocycles. The Balaban J connectivity index is 1.97. The molecule has 1 aliphatic heterocycles. The van der Waals surface area contributed by atoms with E-state index in [0.29, 0.717) is 5.88 Å². The highest BCUT2D eigenvalue weighted by Crippen LogP contribution is 2.33. The van der Waals surface area contributed by atoms with E-state index in [0.717, 1.165) is 29.2 Å². The van der Waals surface area contributed by atoms with Gasteiger partial charge in [-0.2, -0.15) is 0 Å². The van der Waals surface area contributed by atoms with Gasteiger partial charge in [-0.15, -0.1) is 11.6 Å². The highest BCUT2D eigenvalue weighted by molar-refractivity contribution is 6.16. The van der Waals surface area contributed by atoms with Gasteiger partial charge in [-0.3, -0.25) is 0 Å². The lowest BCUT2D eigenvalue weighted by Gasteiger charge is -2.02. The summed E-state index contributed by atoms with van der Waals surface area (Å²) < 4.78 is 10.9. The quantitative estimate of drug-likeness (QED) is 0.765. The fourth-order valence-corrected chi connectivity index (χ4v) is 2.21. The molecule has 0 N–H and O–H groups in total. The van der Waals surface area contributed by atoms with Crippen molar-refractivity contribution in [3.63, 3.8) is 0 Å². The van der Waals surface area contributed by atoms with E-state index >= 15 is 0 Å². The maximum atomic E-state index is 5.70. The molecule has 0 bridgehead atoms. The SMILES string of the molecule is C[C@@H]1Cc2cc(-c3cc(CCl)no3)ccc2O1. The van der Waals surface area contributed by atoms with Crippen molar-refractivity contribution in [2.24, 2.45) is 0 Å². The number of benzene rings is 1. The van der Waals surface area contributed by atoms with Gasteiger partial charge in [0.2, 0.25) is 0 Å². The summed E-state index contributed by atoms with van der Waals surface area (Å²) in [6.45, 7) is 2.07. The second kappa shape index (κ2) is 4.08. The van der Waals surface area contributed by atoms with Crippen molar-refractivity contribution in [3.8, 4) is 17.1 Å². The summed E-state index contributed by atoms with van der Waals surface area (Å²) in [6, 6.07) is 7.93. The molecule has 4 heteroatoms. The van der Waals surface area contributed by atoms with Crippen LogP contribution < -0.4 is 4.74 Å². The molecular weight excluding hydrogens is 238 g/mol. The summed E-state index contributed by atoms with van der Waals surface area (Å²) in [4.78, 5) is 0. The van der Waals surface area contributed by atoms with Crippen LogP contribution in [0.25, 0.3) is 11.3 Å². The number of ether oxygens (including phenoxy) is 1. The van der Waals surface area contributed by atoms with Crippen LogP contribution in [0.15, 0.2) is 28.8 Å². The van der Waals surface area contributed by atoms with Gasteiger partial charge in [-0.25, -0.2) is 0 Å². The Labute approximate surface area is 104 Å². The molecule has 3 rings (SSSR count). The molecule has 0 saturated heterocycles. The van der Waals surface area contributed by atoms with Crippen molar-refractivity contribution in [1.82, 2.24) is 5.16 Å². The molecule has 0 spiro atoms. The normalized spacial score (nSPS) is 17.9. The molecule has 17 heavy (non-hydrogen) atoms. The van der Waals surface area contributed by atoms with Crippen LogP contribution in [0.4, 0.5) is 0 Å². The third-order valence-electron chi connectivity index (χ3n) is 2.88. The van der Waals surface area contributed by atoms with E-state index in [9.17, 15) is 0 Å². The minimum absolute atomic E-state index is 0.258. The molecule has 0 unspecified atom stereocenters. The smallest absolute Gasteiger partial charge is 0.167 e. The number of halogens is 1. The zero-order valence-electron chi connectivity index (χ0n) is 9.44. The standard InChI is InChI=1S/C13H12ClNO2/c1-8-4-10-5-9(2-3-12(10)16-8)13-6-11(7-14)15-17-13/h2-3,5-6,8H,4,7H2,1H3/t8-/m1/s1. The van der Waals surface area contributed by atoms with Crippen LogP contribution in [-0.4, -0.2) is 11.3 Å². The predicted octanol–water partition coefficient (Wildman–Crippen LogP) is 3.40. The van der Waals surface area contributed by atoms with Gasteiger partial charge in [0, 0.05) is 18.1 Å². The predicted molar refractivity (Wildman–Crippen MR) is 65.3 cm³/mol. The van der Waals surface area contributed by atoms with Crippen LogP contribution in [0.2, 0.25) is 0 Å². The fourth-order valence-electron chi connectivity index (χ4n) is 2.09. The highest BCUT2D eigenvalue weighted by atomic mass is 35.5. The maximum Gasteiger partial charge on any atom is 0.167 e. The lowest BCUT2D eigenvalue weighted by molar-refractivity contribution is 0.254. The Bertz CT molecular complexity index is 550. The molecule has 0 amide bonds. The van der Waals surface area contributed by atoms with Crippen LogP contribution in [0, 0.1) is 0 Å². The Hall–Kier alpha value is -1.48. The van der Waals surface area contributed by atoms with Gasteiger partial charge < -0.3 is 9.26 Å². The zero-order chi connectivity index (χ0) is 11.8. The second-order valence-electron chi connectivity index (χ2n) is 4.27. The third-order valence-corrected chi connectivity index (χ3v) is 3.15. The fraction of sp³-hybridized carbons (Fsp3) is 0.308. The van der Waals surface area contributed by atoms with Gasteiger partial charge in [0.15, 0.2) is 5.76 Å². The number of fused-ring (bicyclic) bond motifs is 1. The van der Waals surface area contributed by atoms with E-state index in [1.165, 1.54) is 5.56 Å². The summed E-state index contributed by atoms with van der Waals surface area (Å²) in [5.74, 6) is 2.09. The van der Waals surface area contributed by atoms with E-state index in [-0.39, 0.29) is 6.10 Å². The van der Waals surface area contributed by atoms with Crippen LogP contribution in [0.1, 0.15) is 18.2 Å². The number of alkyl halides is 1. The third kappa shape index (κ3) is 1.91. The van der Waals surface area contributed by atoms with Crippen molar-refractivity contribution in [2.45, 2.75) is 25.3 Å². The monoisotopic (exact) mass is 249 g/mol. The van der Waals surface area contributed by atoms with E-state index < -0.39 is 0 Å². The van der Waals surface area contributed by atoms with Crippen LogP contribution in [0.5, 0.6) is 5.75 Å². The van der Waals surface area contributed by atoms with Crippen molar-refractivity contribution < 1.29 is 9.26 Å². The molecule has 0 saturated carbocycles. The molecular formula is C13H12ClNO2. The Morgan fingerprint density at radius 2 is 2.29 bits per heavy atom. The Kier molecular flexibility index (Phi) is 2.56. The lowest BCUT2D eigenvalue weighted by Crippen LogP contribution is -2.05. The Morgan fingerprint density at radius 1 is 1.41 bits per heavy atom. The molecule has 0 fully saturated rings. The molecule has 1 atom stereocenters. The Morgan fingerprint density at radius 3 is 3.06 bits per heavy atom. The first-order valence-electron chi connectivity index (χ1n) is 5.58. The number of rotatable bonds is 2.